The first-order valence-electron chi connectivity index (χ1n) is 8.98. The number of nitrogens with zero attached hydrogens (tertiary/aromatic N) is 3. The number of carbonyl (C=O) groups is 1. The third kappa shape index (κ3) is 4.33. The van der Waals surface area contributed by atoms with E-state index < -0.39 is 0 Å². The van der Waals surface area contributed by atoms with Gasteiger partial charge in [0.05, 0.1) is 5.75 Å². The van der Waals surface area contributed by atoms with Gasteiger partial charge in [0.2, 0.25) is 5.91 Å². The van der Waals surface area contributed by atoms with Crippen LogP contribution in [0.25, 0.3) is 0 Å². The van der Waals surface area contributed by atoms with Gasteiger partial charge in [-0.25, -0.2) is 0 Å². The molecule has 0 saturated carbocycles. The van der Waals surface area contributed by atoms with E-state index in [1.165, 1.54) is 11.8 Å². The fraction of sp³-hybridized carbons (Fsp3) is 0.250. The zero-order valence-electron chi connectivity index (χ0n) is 15.9. The second-order valence-corrected chi connectivity index (χ2v) is 7.94. The van der Waals surface area contributed by atoms with Gasteiger partial charge in [0, 0.05) is 17.8 Å². The van der Waals surface area contributed by atoms with Crippen molar-refractivity contribution in [3.05, 3.63) is 58.9 Å². The van der Waals surface area contributed by atoms with E-state index >= 15 is 0 Å². The van der Waals surface area contributed by atoms with E-state index in [0.29, 0.717) is 28.4 Å². The van der Waals surface area contributed by atoms with Crippen LogP contribution in [0.2, 0.25) is 5.02 Å². The van der Waals surface area contributed by atoms with E-state index in [1.54, 1.807) is 12.1 Å². The minimum absolute atomic E-state index is 0.129. The Labute approximate surface area is 177 Å². The molecule has 0 radical (unpaired) electrons. The fourth-order valence-corrected chi connectivity index (χ4v) is 3.91. The van der Waals surface area contributed by atoms with Crippen LogP contribution in [0.3, 0.4) is 0 Å². The summed E-state index contributed by atoms with van der Waals surface area (Å²) in [5.41, 5.74) is 1.65. The van der Waals surface area contributed by atoms with Crippen LogP contribution in [-0.2, 0) is 11.8 Å². The minimum Gasteiger partial charge on any atom is -0.485 e. The quantitative estimate of drug-likeness (QED) is 0.616. The van der Waals surface area contributed by atoms with Crippen molar-refractivity contribution in [2.75, 3.05) is 17.7 Å². The van der Waals surface area contributed by atoms with Gasteiger partial charge in [-0.05, 0) is 42.8 Å². The van der Waals surface area contributed by atoms with Gasteiger partial charge >= 0.3 is 0 Å². The molecule has 1 aliphatic heterocycles. The van der Waals surface area contributed by atoms with Crippen LogP contribution < -0.4 is 14.8 Å². The number of rotatable bonds is 5. The number of benzene rings is 2. The second kappa shape index (κ2) is 8.34. The molecule has 1 N–H and O–H groups in total. The molecular weight excluding hydrogens is 412 g/mol. The smallest absolute Gasteiger partial charge is 0.234 e. The highest BCUT2D eigenvalue weighted by molar-refractivity contribution is 7.99. The van der Waals surface area contributed by atoms with Crippen molar-refractivity contribution in [1.82, 2.24) is 14.8 Å². The molecule has 0 saturated heterocycles. The molecule has 150 valence electrons. The largest absolute Gasteiger partial charge is 0.485 e. The molecule has 29 heavy (non-hydrogen) atoms. The number of para-hydroxylation sites is 2. The van der Waals surface area contributed by atoms with Crippen LogP contribution in [0.1, 0.15) is 17.5 Å². The Bertz CT molecular complexity index is 1060. The number of halogens is 1. The Morgan fingerprint density at radius 1 is 1.28 bits per heavy atom. The van der Waals surface area contributed by atoms with Crippen LogP contribution in [0.4, 0.5) is 5.69 Å². The number of nitrogens with one attached hydrogen (secondary N) is 1. The van der Waals surface area contributed by atoms with Gasteiger partial charge in [0.25, 0.3) is 0 Å². The highest BCUT2D eigenvalue weighted by atomic mass is 35.5. The summed E-state index contributed by atoms with van der Waals surface area (Å²) in [6, 6.07) is 12.9. The third-order valence-electron chi connectivity index (χ3n) is 4.46. The molecule has 1 aromatic heterocycles. The van der Waals surface area contributed by atoms with E-state index in [-0.39, 0.29) is 17.8 Å². The molecule has 3 aromatic rings. The zero-order valence-corrected chi connectivity index (χ0v) is 17.5. The number of amides is 1. The van der Waals surface area contributed by atoms with Gasteiger partial charge in [-0.3, -0.25) is 4.79 Å². The van der Waals surface area contributed by atoms with Crippen molar-refractivity contribution in [2.24, 2.45) is 7.05 Å². The first-order chi connectivity index (χ1) is 14.0. The lowest BCUT2D eigenvalue weighted by molar-refractivity contribution is -0.113. The molecule has 0 aliphatic carbocycles. The van der Waals surface area contributed by atoms with Crippen molar-refractivity contribution < 1.29 is 14.3 Å². The molecular formula is C20H19ClN4O3S. The Morgan fingerprint density at radius 2 is 2.07 bits per heavy atom. The SMILES string of the molecule is Cc1cc(Cl)ccc1NC(=O)CSc1nnc(C2COc3ccccc3O2)n1C. The number of anilines is 1. The Kier molecular flexibility index (Phi) is 5.64. The summed E-state index contributed by atoms with van der Waals surface area (Å²) in [5, 5.41) is 12.6. The first kappa shape index (κ1) is 19.6. The maximum absolute atomic E-state index is 12.3. The number of hydrogen-bond acceptors (Lipinski definition) is 6. The molecule has 2 heterocycles. The summed E-state index contributed by atoms with van der Waals surface area (Å²) >= 11 is 7.26. The van der Waals surface area contributed by atoms with Gasteiger partial charge in [0.1, 0.15) is 6.61 Å². The normalized spacial score (nSPS) is 15.2. The number of carbonyl (C=O) groups excluding carboxylic acids is 1. The lowest BCUT2D eigenvalue weighted by Crippen LogP contribution is -2.24. The van der Waals surface area contributed by atoms with Gasteiger partial charge in [-0.15, -0.1) is 10.2 Å². The lowest BCUT2D eigenvalue weighted by Gasteiger charge is -2.25. The van der Waals surface area contributed by atoms with Gasteiger partial charge in [-0.2, -0.15) is 0 Å². The molecule has 1 aliphatic rings. The number of hydrogen-bond donors (Lipinski definition) is 1. The summed E-state index contributed by atoms with van der Waals surface area (Å²) in [6.07, 6.45) is -0.359. The predicted octanol–water partition coefficient (Wildman–Crippen LogP) is 4.02. The highest BCUT2D eigenvalue weighted by Gasteiger charge is 2.27. The molecule has 1 amide bonds. The van der Waals surface area contributed by atoms with Gasteiger partial charge < -0.3 is 19.4 Å². The first-order valence-corrected chi connectivity index (χ1v) is 10.3. The maximum Gasteiger partial charge on any atom is 0.234 e. The highest BCUT2D eigenvalue weighted by Crippen LogP contribution is 2.35. The number of fused-ring (bicyclic) bond motifs is 1. The van der Waals surface area contributed by atoms with Crippen LogP contribution in [0.15, 0.2) is 47.6 Å². The third-order valence-corrected chi connectivity index (χ3v) is 5.72. The van der Waals surface area contributed by atoms with Crippen molar-refractivity contribution in [1.29, 1.82) is 0 Å². The number of aryl methyl sites for hydroxylation is 1. The molecule has 1 atom stereocenters. The average Bonchev–Trinajstić information content (AvgIpc) is 3.08. The van der Waals surface area contributed by atoms with Crippen LogP contribution in [0, 0.1) is 6.92 Å². The summed E-state index contributed by atoms with van der Waals surface area (Å²) in [7, 11) is 1.85. The molecule has 2 aromatic carbocycles. The predicted molar refractivity (Wildman–Crippen MR) is 112 cm³/mol. The number of ether oxygens (including phenoxy) is 2. The molecule has 9 heteroatoms. The molecule has 0 fully saturated rings. The van der Waals surface area contributed by atoms with Crippen molar-refractivity contribution >= 4 is 35.0 Å². The minimum atomic E-state index is -0.359. The van der Waals surface area contributed by atoms with E-state index in [2.05, 4.69) is 15.5 Å². The van der Waals surface area contributed by atoms with Crippen LogP contribution in [0.5, 0.6) is 11.5 Å². The van der Waals surface area contributed by atoms with Gasteiger partial charge in [0.15, 0.2) is 28.6 Å². The van der Waals surface area contributed by atoms with Crippen LogP contribution >= 0.6 is 23.4 Å². The number of thioether (sulfide) groups is 1. The molecule has 0 spiro atoms. The van der Waals surface area contributed by atoms with Crippen LogP contribution in [-0.4, -0.2) is 33.0 Å². The lowest BCUT2D eigenvalue weighted by atomic mass is 10.2. The van der Waals surface area contributed by atoms with Crippen molar-refractivity contribution in [3.63, 3.8) is 0 Å². The van der Waals surface area contributed by atoms with E-state index in [9.17, 15) is 4.79 Å². The van der Waals surface area contributed by atoms with Crippen molar-refractivity contribution in [2.45, 2.75) is 18.2 Å². The Morgan fingerprint density at radius 3 is 2.86 bits per heavy atom. The summed E-state index contributed by atoms with van der Waals surface area (Å²) in [4.78, 5) is 12.3. The molecule has 0 bridgehead atoms. The molecule has 4 rings (SSSR count). The van der Waals surface area contributed by atoms with E-state index in [1.807, 2.05) is 48.9 Å². The van der Waals surface area contributed by atoms with Gasteiger partial charge in [-0.1, -0.05) is 35.5 Å². The second-order valence-electron chi connectivity index (χ2n) is 6.56. The monoisotopic (exact) mass is 430 g/mol. The Balaban J connectivity index is 1.38. The fourth-order valence-electron chi connectivity index (χ4n) is 2.96. The molecule has 1 unspecified atom stereocenters. The van der Waals surface area contributed by atoms with Crippen molar-refractivity contribution in [3.8, 4) is 11.5 Å². The zero-order chi connectivity index (χ0) is 20.4. The molecule has 7 nitrogen and oxygen atoms in total. The van der Waals surface area contributed by atoms with E-state index in [4.69, 9.17) is 21.1 Å². The average molecular weight is 431 g/mol. The summed E-state index contributed by atoms with van der Waals surface area (Å²) < 4.78 is 13.6. The number of aromatic nitrogens is 3. The summed E-state index contributed by atoms with van der Waals surface area (Å²) in [5.74, 6) is 2.12. The topological polar surface area (TPSA) is 78.3 Å². The standard InChI is InChI=1S/C20H19ClN4O3S/c1-12-9-13(21)7-8-14(12)22-18(26)11-29-20-24-23-19(25(20)2)17-10-27-15-5-3-4-6-16(15)28-17/h3-9,17H,10-11H2,1-2H3,(H,22,26). The summed E-state index contributed by atoms with van der Waals surface area (Å²) in [6.45, 7) is 2.25. The van der Waals surface area contributed by atoms with E-state index in [0.717, 1.165) is 17.0 Å². The Hall–Kier alpha value is -2.71. The maximum atomic E-state index is 12.3.